The van der Waals surface area contributed by atoms with E-state index in [1.807, 2.05) is 0 Å². The van der Waals surface area contributed by atoms with Crippen LogP contribution in [0.1, 0.15) is 50.0 Å². The minimum absolute atomic E-state index is 0.201. The topological polar surface area (TPSA) is 137 Å². The number of amides is 4. The van der Waals surface area contributed by atoms with Crippen molar-refractivity contribution in [2.24, 2.45) is 0 Å². The summed E-state index contributed by atoms with van der Waals surface area (Å²) in [6.07, 6.45) is 2.90. The molecule has 11 nitrogen and oxygen atoms in total. The monoisotopic (exact) mass is 580 g/mol. The van der Waals surface area contributed by atoms with Gasteiger partial charge in [0.15, 0.2) is 5.82 Å². The Kier molecular flexibility index (Phi) is 8.18. The number of imidazole rings is 1. The summed E-state index contributed by atoms with van der Waals surface area (Å²) in [5.41, 5.74) is 1.58. The molecule has 3 heterocycles. The van der Waals surface area contributed by atoms with Crippen LogP contribution in [0.25, 0.3) is 11.3 Å². The van der Waals surface area contributed by atoms with Gasteiger partial charge in [0.1, 0.15) is 30.4 Å². The van der Waals surface area contributed by atoms with E-state index in [4.69, 9.17) is 4.98 Å². The Morgan fingerprint density at radius 1 is 1.12 bits per heavy atom. The fourth-order valence-corrected chi connectivity index (χ4v) is 5.26. The largest absolute Gasteiger partial charge is 0.453 e. The van der Waals surface area contributed by atoms with Gasteiger partial charge in [-0.3, -0.25) is 24.6 Å². The third-order valence-electron chi connectivity index (χ3n) is 7.44. The van der Waals surface area contributed by atoms with E-state index in [1.165, 1.54) is 18.1 Å². The van der Waals surface area contributed by atoms with E-state index in [1.54, 1.807) is 31.3 Å². The highest BCUT2D eigenvalue weighted by atomic mass is 19.1. The number of carbonyl (C=O) groups excluding carboxylic acids is 4. The van der Waals surface area contributed by atoms with E-state index in [-0.39, 0.29) is 17.9 Å². The molecular weight excluding hydrogens is 550 g/mol. The average molecular weight is 581 g/mol. The number of piperazine rings is 1. The molecule has 0 aliphatic carbocycles. The molecule has 1 unspecified atom stereocenters. The van der Waals surface area contributed by atoms with Crippen molar-refractivity contribution in [2.45, 2.75) is 45.1 Å². The first-order valence-electron chi connectivity index (χ1n) is 13.6. The van der Waals surface area contributed by atoms with Crippen molar-refractivity contribution in [3.63, 3.8) is 0 Å². The first-order valence-corrected chi connectivity index (χ1v) is 13.6. The molecule has 1 aromatic heterocycles. The Balaban J connectivity index is 1.45. The number of nitrogens with one attached hydrogen (secondary N) is 3. The van der Waals surface area contributed by atoms with Crippen molar-refractivity contribution in [3.8, 4) is 11.3 Å². The predicted octanol–water partition coefficient (Wildman–Crippen LogP) is 4.52. The number of aromatic amines is 1. The second kappa shape index (κ2) is 12.0. The van der Waals surface area contributed by atoms with Gasteiger partial charge in [0, 0.05) is 23.9 Å². The molecule has 1 atom stereocenters. The number of rotatable bonds is 4. The second-order valence-electron chi connectivity index (χ2n) is 10.1. The maximum Gasteiger partial charge on any atom is 0.411 e. The number of nitrogens with zero attached hydrogens (tertiary/aromatic N) is 3. The number of anilines is 3. The summed E-state index contributed by atoms with van der Waals surface area (Å²) in [7, 11) is 1.24. The number of aromatic nitrogens is 2. The van der Waals surface area contributed by atoms with Crippen LogP contribution in [0.5, 0.6) is 0 Å². The summed E-state index contributed by atoms with van der Waals surface area (Å²) >= 11 is 0. The number of halogens is 2. The van der Waals surface area contributed by atoms with Gasteiger partial charge in [0.25, 0.3) is 0 Å². The Morgan fingerprint density at radius 2 is 1.93 bits per heavy atom. The van der Waals surface area contributed by atoms with Crippen molar-refractivity contribution in [1.29, 1.82) is 0 Å². The lowest BCUT2D eigenvalue weighted by atomic mass is 10.0. The number of ether oxygens (including phenoxy) is 1. The van der Waals surface area contributed by atoms with Crippen molar-refractivity contribution < 1.29 is 32.7 Å². The summed E-state index contributed by atoms with van der Waals surface area (Å²) in [6, 6.07) is 6.69. The van der Waals surface area contributed by atoms with Gasteiger partial charge < -0.3 is 19.9 Å². The number of hydrogen-bond acceptors (Lipinski definition) is 6. The molecule has 0 saturated carbocycles. The molecule has 1 fully saturated rings. The van der Waals surface area contributed by atoms with Crippen molar-refractivity contribution >= 4 is 40.9 Å². The Morgan fingerprint density at radius 3 is 2.69 bits per heavy atom. The Hall–Kier alpha value is -4.81. The second-order valence-corrected chi connectivity index (χ2v) is 10.1. The van der Waals surface area contributed by atoms with Crippen LogP contribution >= 0.6 is 0 Å². The van der Waals surface area contributed by atoms with Crippen LogP contribution in [0, 0.1) is 11.6 Å². The summed E-state index contributed by atoms with van der Waals surface area (Å²) in [4.78, 5) is 61.2. The first kappa shape index (κ1) is 28.7. The normalized spacial score (nSPS) is 17.6. The van der Waals surface area contributed by atoms with E-state index in [0.717, 1.165) is 11.0 Å². The number of aryl methyl sites for hydroxylation is 1. The minimum atomic E-state index is -0.914. The van der Waals surface area contributed by atoms with Crippen LogP contribution in [0.4, 0.5) is 30.6 Å². The zero-order valence-electron chi connectivity index (χ0n) is 23.1. The molecule has 5 rings (SSSR count). The molecule has 13 heteroatoms. The third-order valence-corrected chi connectivity index (χ3v) is 7.44. The van der Waals surface area contributed by atoms with Crippen molar-refractivity contribution in [2.75, 3.05) is 35.7 Å². The van der Waals surface area contributed by atoms with Crippen LogP contribution < -0.4 is 15.5 Å². The lowest BCUT2D eigenvalue weighted by Gasteiger charge is -2.38. The number of hydrogen-bond donors (Lipinski definition) is 3. The molecule has 1 saturated heterocycles. The van der Waals surface area contributed by atoms with E-state index < -0.39 is 54.4 Å². The maximum atomic E-state index is 15.1. The smallest absolute Gasteiger partial charge is 0.411 e. The summed E-state index contributed by atoms with van der Waals surface area (Å²) in [6.45, 7) is 0.798. The average Bonchev–Trinajstić information content (AvgIpc) is 3.44. The highest BCUT2D eigenvalue weighted by Crippen LogP contribution is 2.35. The van der Waals surface area contributed by atoms with E-state index in [9.17, 15) is 23.6 Å². The predicted molar refractivity (Wildman–Crippen MR) is 150 cm³/mol. The number of benzene rings is 2. The number of fused-ring (bicyclic) bond motifs is 4. The van der Waals surface area contributed by atoms with E-state index >= 15 is 4.39 Å². The summed E-state index contributed by atoms with van der Waals surface area (Å²) < 4.78 is 34.4. The molecule has 4 amide bonds. The highest BCUT2D eigenvalue weighted by Gasteiger charge is 2.38. The molecule has 0 radical (unpaired) electrons. The molecule has 0 spiro atoms. The lowest BCUT2D eigenvalue weighted by Crippen LogP contribution is -2.55. The Bertz CT molecular complexity index is 1560. The molecule has 220 valence electrons. The number of carbonyl (C=O) groups is 4. The molecular formula is C29H30F2N6O5. The quantitative estimate of drug-likeness (QED) is 0.415. The van der Waals surface area contributed by atoms with Crippen LogP contribution in [0.15, 0.2) is 36.5 Å². The number of methoxy groups -OCH3 is 1. The van der Waals surface area contributed by atoms with Crippen LogP contribution in [-0.2, 0) is 25.5 Å². The molecule has 42 heavy (non-hydrogen) atoms. The van der Waals surface area contributed by atoms with Gasteiger partial charge in [-0.15, -0.1) is 0 Å². The van der Waals surface area contributed by atoms with Gasteiger partial charge in [-0.1, -0.05) is 19.4 Å². The van der Waals surface area contributed by atoms with E-state index in [2.05, 4.69) is 20.4 Å². The fraction of sp³-hybridized carbons (Fsp3) is 0.345. The summed E-state index contributed by atoms with van der Waals surface area (Å²) in [5.74, 6) is -2.67. The lowest BCUT2D eigenvalue weighted by molar-refractivity contribution is -0.141. The van der Waals surface area contributed by atoms with E-state index in [0.29, 0.717) is 54.1 Å². The molecule has 3 N–H and O–H groups in total. The highest BCUT2D eigenvalue weighted by molar-refractivity contribution is 6.05. The number of H-pyrrole nitrogens is 1. The van der Waals surface area contributed by atoms with Crippen LogP contribution in [0.3, 0.4) is 0 Å². The molecule has 2 bridgehead atoms. The van der Waals surface area contributed by atoms with Gasteiger partial charge in [-0.2, -0.15) is 0 Å². The maximum absolute atomic E-state index is 15.1. The zero-order chi connectivity index (χ0) is 30.0. The van der Waals surface area contributed by atoms with Gasteiger partial charge in [-0.25, -0.2) is 18.6 Å². The SMILES string of the molecule is CCc1ccc(F)c(N2CC(=O)N(C3CCCCC(=O)Nc4cc(NC(=O)OC)ccc4-c4c[nH]c3n4)CC2=O)c1F. The Labute approximate surface area is 240 Å². The van der Waals surface area contributed by atoms with Crippen LogP contribution in [-0.4, -0.2) is 58.9 Å². The van der Waals surface area contributed by atoms with Crippen molar-refractivity contribution in [3.05, 3.63) is 59.6 Å². The third kappa shape index (κ3) is 5.67. The zero-order valence-corrected chi connectivity index (χ0v) is 23.1. The van der Waals surface area contributed by atoms with Gasteiger partial charge >= 0.3 is 6.09 Å². The minimum Gasteiger partial charge on any atom is -0.453 e. The fourth-order valence-electron chi connectivity index (χ4n) is 5.26. The molecule has 2 aliphatic heterocycles. The molecule has 2 aromatic carbocycles. The standard InChI is InChI=1S/C29H30F2N6O5/c1-3-16-8-11-19(30)27(26(16)31)37-15-24(39)36(14-25(37)40)22-6-4-5-7-23(38)34-20-12-17(33-29(41)42-2)9-10-18(20)21-13-32-28(22)35-21/h8-13,22H,3-7,14-15H2,1-2H3,(H,32,35)(H,33,41)(H,34,38). The summed E-state index contributed by atoms with van der Waals surface area (Å²) in [5, 5.41) is 5.44. The van der Waals surface area contributed by atoms with Gasteiger partial charge in [0.05, 0.1) is 24.5 Å². The van der Waals surface area contributed by atoms with Gasteiger partial charge in [-0.05, 0) is 49.1 Å². The van der Waals surface area contributed by atoms with Gasteiger partial charge in [0.2, 0.25) is 17.7 Å². The first-order chi connectivity index (χ1) is 20.2. The molecule has 3 aromatic rings. The van der Waals surface area contributed by atoms with Crippen LogP contribution in [0.2, 0.25) is 0 Å². The van der Waals surface area contributed by atoms with Crippen molar-refractivity contribution in [1.82, 2.24) is 14.9 Å². The molecule has 2 aliphatic rings.